The fraction of sp³-hybridized carbons (Fsp3) is 0.875. The second-order valence-corrected chi connectivity index (χ2v) is 5.67. The van der Waals surface area contributed by atoms with Gasteiger partial charge in [0.05, 0.1) is 6.54 Å². The highest BCUT2D eigenvalue weighted by Gasteiger charge is 2.22. The first-order valence-corrected chi connectivity index (χ1v) is 8.74. The van der Waals surface area contributed by atoms with Crippen molar-refractivity contribution in [3.05, 3.63) is 0 Å². The third kappa shape index (κ3) is 9.34. The lowest BCUT2D eigenvalue weighted by Gasteiger charge is -2.21. The summed E-state index contributed by atoms with van der Waals surface area (Å²) in [5, 5.41) is 9.37. The zero-order chi connectivity index (χ0) is 16.2. The average Bonchev–Trinajstić information content (AvgIpc) is 2.98. The van der Waals surface area contributed by atoms with Gasteiger partial charge in [0.1, 0.15) is 0 Å². The average molecular weight is 439 g/mol. The smallest absolute Gasteiger partial charge is 0.221 e. The van der Waals surface area contributed by atoms with Crippen molar-refractivity contribution in [1.82, 2.24) is 20.9 Å². The number of amides is 1. The third-order valence-corrected chi connectivity index (χ3v) is 3.93. The van der Waals surface area contributed by atoms with Crippen molar-refractivity contribution < 1.29 is 4.79 Å². The van der Waals surface area contributed by atoms with E-state index < -0.39 is 0 Å². The van der Waals surface area contributed by atoms with E-state index in [-0.39, 0.29) is 29.9 Å². The van der Waals surface area contributed by atoms with Gasteiger partial charge in [-0.05, 0) is 39.3 Å². The number of nitrogens with one attached hydrogen (secondary N) is 3. The van der Waals surface area contributed by atoms with Gasteiger partial charge in [-0.2, -0.15) is 0 Å². The molecule has 0 aromatic rings. The minimum absolute atomic E-state index is 0. The monoisotopic (exact) mass is 439 g/mol. The molecule has 0 aromatic heterocycles. The molecule has 1 atom stereocenters. The predicted molar refractivity (Wildman–Crippen MR) is 108 cm³/mol. The highest BCUT2D eigenvalue weighted by molar-refractivity contribution is 14.0. The lowest BCUT2D eigenvalue weighted by molar-refractivity contribution is -0.120. The van der Waals surface area contributed by atoms with Crippen LogP contribution in [0.1, 0.15) is 46.5 Å². The number of likely N-dealkylation sites (tertiary alicyclic amines) is 1. The molecule has 136 valence electrons. The van der Waals surface area contributed by atoms with Crippen molar-refractivity contribution in [3.8, 4) is 0 Å². The van der Waals surface area contributed by atoms with Crippen LogP contribution in [0.4, 0.5) is 0 Å². The van der Waals surface area contributed by atoms with Gasteiger partial charge in [0, 0.05) is 32.1 Å². The molecule has 0 saturated carbocycles. The summed E-state index contributed by atoms with van der Waals surface area (Å²) in [5.74, 6) is 0.909. The van der Waals surface area contributed by atoms with Crippen LogP contribution in [0.2, 0.25) is 0 Å². The van der Waals surface area contributed by atoms with Crippen molar-refractivity contribution in [3.63, 3.8) is 0 Å². The SMILES string of the molecule is CCCNC(=O)CCNC(=NCC1CCCN1CC)NCC.I. The maximum absolute atomic E-state index is 11.6. The van der Waals surface area contributed by atoms with Crippen molar-refractivity contribution in [2.45, 2.75) is 52.5 Å². The highest BCUT2D eigenvalue weighted by atomic mass is 127. The minimum Gasteiger partial charge on any atom is -0.357 e. The number of hydrogen-bond donors (Lipinski definition) is 3. The van der Waals surface area contributed by atoms with Gasteiger partial charge in [0.15, 0.2) is 5.96 Å². The van der Waals surface area contributed by atoms with E-state index in [2.05, 4.69) is 46.6 Å². The second kappa shape index (κ2) is 13.8. The van der Waals surface area contributed by atoms with E-state index in [0.717, 1.165) is 38.6 Å². The lowest BCUT2D eigenvalue weighted by atomic mass is 10.2. The lowest BCUT2D eigenvalue weighted by Crippen LogP contribution is -2.40. The molecule has 1 unspecified atom stereocenters. The molecule has 1 heterocycles. The second-order valence-electron chi connectivity index (χ2n) is 5.67. The number of halogens is 1. The summed E-state index contributed by atoms with van der Waals surface area (Å²) >= 11 is 0. The summed E-state index contributed by atoms with van der Waals surface area (Å²) < 4.78 is 0. The summed E-state index contributed by atoms with van der Waals surface area (Å²) in [6.45, 7) is 11.6. The third-order valence-electron chi connectivity index (χ3n) is 3.93. The Morgan fingerprint density at radius 1 is 1.17 bits per heavy atom. The minimum atomic E-state index is 0. The molecule has 0 bridgehead atoms. The summed E-state index contributed by atoms with van der Waals surface area (Å²) in [6.07, 6.45) is 3.96. The molecule has 0 spiro atoms. The maximum Gasteiger partial charge on any atom is 0.221 e. The molecule has 7 heteroatoms. The van der Waals surface area contributed by atoms with Crippen LogP contribution < -0.4 is 16.0 Å². The molecule has 1 aliphatic rings. The van der Waals surface area contributed by atoms with E-state index >= 15 is 0 Å². The van der Waals surface area contributed by atoms with Crippen LogP contribution in [0, 0.1) is 0 Å². The first-order valence-electron chi connectivity index (χ1n) is 8.74. The molecule has 3 N–H and O–H groups in total. The van der Waals surface area contributed by atoms with E-state index in [4.69, 9.17) is 0 Å². The number of likely N-dealkylation sites (N-methyl/N-ethyl adjacent to an activating group) is 1. The van der Waals surface area contributed by atoms with E-state index in [0.29, 0.717) is 19.0 Å². The molecule has 23 heavy (non-hydrogen) atoms. The zero-order valence-electron chi connectivity index (χ0n) is 14.9. The fourth-order valence-electron chi connectivity index (χ4n) is 2.70. The number of nitrogens with zero attached hydrogens (tertiary/aromatic N) is 2. The molecule has 6 nitrogen and oxygen atoms in total. The molecular formula is C16H34IN5O. The van der Waals surface area contributed by atoms with E-state index in [1.807, 2.05) is 0 Å². The van der Waals surface area contributed by atoms with Gasteiger partial charge in [-0.3, -0.25) is 14.7 Å². The number of hydrogen-bond acceptors (Lipinski definition) is 3. The van der Waals surface area contributed by atoms with Gasteiger partial charge in [0.2, 0.25) is 5.91 Å². The number of carbonyl (C=O) groups is 1. The van der Waals surface area contributed by atoms with Gasteiger partial charge in [-0.15, -0.1) is 24.0 Å². The van der Waals surface area contributed by atoms with Crippen LogP contribution in [0.5, 0.6) is 0 Å². The number of guanidine groups is 1. The Kier molecular flexibility index (Phi) is 13.5. The molecule has 1 saturated heterocycles. The molecule has 0 radical (unpaired) electrons. The Morgan fingerprint density at radius 3 is 2.61 bits per heavy atom. The molecule has 0 aromatic carbocycles. The Bertz CT molecular complexity index is 351. The van der Waals surface area contributed by atoms with Crippen molar-refractivity contribution in [1.29, 1.82) is 0 Å². The maximum atomic E-state index is 11.6. The van der Waals surface area contributed by atoms with Crippen LogP contribution in [-0.4, -0.2) is 62.1 Å². The summed E-state index contributed by atoms with van der Waals surface area (Å²) in [7, 11) is 0. The molecule has 1 amide bonds. The number of rotatable bonds is 9. The van der Waals surface area contributed by atoms with E-state index in [1.165, 1.54) is 19.4 Å². The molecule has 1 aliphatic heterocycles. The Labute approximate surface area is 158 Å². The van der Waals surface area contributed by atoms with Gasteiger partial charge in [-0.25, -0.2) is 0 Å². The van der Waals surface area contributed by atoms with E-state index in [1.54, 1.807) is 0 Å². The molecule has 0 aliphatic carbocycles. The Morgan fingerprint density at radius 2 is 1.96 bits per heavy atom. The van der Waals surface area contributed by atoms with Gasteiger partial charge in [-0.1, -0.05) is 13.8 Å². The van der Waals surface area contributed by atoms with Crippen molar-refractivity contribution >= 4 is 35.8 Å². The zero-order valence-corrected chi connectivity index (χ0v) is 17.2. The number of aliphatic imine (C=N–C) groups is 1. The quantitative estimate of drug-likeness (QED) is 0.290. The largest absolute Gasteiger partial charge is 0.357 e. The summed E-state index contributed by atoms with van der Waals surface area (Å²) in [5.41, 5.74) is 0. The van der Waals surface area contributed by atoms with Crippen LogP contribution in [0.15, 0.2) is 4.99 Å². The van der Waals surface area contributed by atoms with Crippen LogP contribution >= 0.6 is 24.0 Å². The first-order chi connectivity index (χ1) is 10.7. The first kappa shape index (κ1) is 22.4. The standard InChI is InChI=1S/C16H33N5O.HI/c1-4-10-18-15(22)9-11-19-16(17-5-2)20-13-14-8-7-12-21(14)6-3;/h14H,4-13H2,1-3H3,(H,18,22)(H2,17,19,20);1H. The van der Waals surface area contributed by atoms with Crippen LogP contribution in [-0.2, 0) is 4.79 Å². The highest BCUT2D eigenvalue weighted by Crippen LogP contribution is 2.16. The summed E-state index contributed by atoms with van der Waals surface area (Å²) in [6, 6.07) is 0.563. The van der Waals surface area contributed by atoms with Gasteiger partial charge < -0.3 is 16.0 Å². The Balaban J connectivity index is 0.00000484. The fourth-order valence-corrected chi connectivity index (χ4v) is 2.70. The summed E-state index contributed by atoms with van der Waals surface area (Å²) in [4.78, 5) is 18.7. The van der Waals surface area contributed by atoms with Gasteiger partial charge in [0.25, 0.3) is 0 Å². The predicted octanol–water partition coefficient (Wildman–Crippen LogP) is 1.56. The molecule has 1 rings (SSSR count). The molecule has 1 fully saturated rings. The van der Waals surface area contributed by atoms with Crippen molar-refractivity contribution in [2.24, 2.45) is 4.99 Å². The Hall–Kier alpha value is -0.570. The molecular weight excluding hydrogens is 405 g/mol. The van der Waals surface area contributed by atoms with Crippen LogP contribution in [0.3, 0.4) is 0 Å². The number of carbonyl (C=O) groups excluding carboxylic acids is 1. The van der Waals surface area contributed by atoms with Crippen LogP contribution in [0.25, 0.3) is 0 Å². The van der Waals surface area contributed by atoms with Gasteiger partial charge >= 0.3 is 0 Å². The van der Waals surface area contributed by atoms with Crippen molar-refractivity contribution in [2.75, 3.05) is 39.3 Å². The van der Waals surface area contributed by atoms with E-state index in [9.17, 15) is 4.79 Å². The normalized spacial score (nSPS) is 18.4. The topological polar surface area (TPSA) is 68.8 Å².